The molecule has 0 saturated heterocycles. The largest absolute Gasteiger partial charge is 1.00 e. The van der Waals surface area contributed by atoms with Crippen LogP contribution in [-0.4, -0.2) is 12.5 Å². The molecule has 0 aliphatic rings. The van der Waals surface area contributed by atoms with E-state index in [1.807, 2.05) is 29.2 Å². The lowest BCUT2D eigenvalue weighted by Gasteiger charge is -2.22. The summed E-state index contributed by atoms with van der Waals surface area (Å²) in [6.45, 7) is 8.13. The lowest BCUT2D eigenvalue weighted by atomic mass is 10.1. The van der Waals surface area contributed by atoms with Crippen molar-refractivity contribution in [1.29, 1.82) is 0 Å². The molecule has 1 heterocycles. The Balaban J connectivity index is 0.00000507. The second kappa shape index (κ2) is 18.2. The van der Waals surface area contributed by atoms with Crippen LogP contribution in [0.3, 0.4) is 0 Å². The number of amides is 1. The number of halogens is 1. The van der Waals surface area contributed by atoms with Gasteiger partial charge in [0.05, 0.1) is 18.0 Å². The van der Waals surface area contributed by atoms with Crippen LogP contribution >= 0.6 is 11.3 Å². The number of anilines is 1. The fourth-order valence-corrected chi connectivity index (χ4v) is 5.23. The zero-order valence-corrected chi connectivity index (χ0v) is 25.9. The molecule has 3 rings (SSSR count). The first-order valence-corrected chi connectivity index (χ1v) is 15.0. The van der Waals surface area contributed by atoms with Crippen LogP contribution in [0.2, 0.25) is 0 Å². The summed E-state index contributed by atoms with van der Waals surface area (Å²) in [4.78, 5) is 15.6. The molecule has 208 valence electrons. The van der Waals surface area contributed by atoms with Crippen molar-refractivity contribution in [3.05, 3.63) is 76.2 Å². The van der Waals surface area contributed by atoms with E-state index in [9.17, 15) is 4.79 Å². The third kappa shape index (κ3) is 11.7. The minimum absolute atomic E-state index is 0. The average Bonchev–Trinajstić information content (AvgIpc) is 3.30. The van der Waals surface area contributed by atoms with Crippen molar-refractivity contribution in [3.8, 4) is 5.75 Å². The lowest BCUT2D eigenvalue weighted by Crippen LogP contribution is -3.00. The van der Waals surface area contributed by atoms with Crippen molar-refractivity contribution in [1.82, 2.24) is 0 Å². The van der Waals surface area contributed by atoms with Gasteiger partial charge in [-0.25, -0.2) is 0 Å². The number of carbonyl (C=O) groups excluding carboxylic acids is 1. The molecule has 0 aliphatic heterocycles. The molecule has 3 aromatic rings. The maximum Gasteiger partial charge on any atom is 0.225 e. The van der Waals surface area contributed by atoms with Gasteiger partial charge in [0.25, 0.3) is 0 Å². The molecule has 0 aliphatic carbocycles. The predicted octanol–water partition coefficient (Wildman–Crippen LogP) is 5.25. The normalized spacial score (nSPS) is 10.7. The minimum atomic E-state index is 0. The van der Waals surface area contributed by atoms with Gasteiger partial charge < -0.3 is 26.6 Å². The van der Waals surface area contributed by atoms with Gasteiger partial charge in [-0.3, -0.25) is 4.79 Å². The van der Waals surface area contributed by atoms with Gasteiger partial charge in [0, 0.05) is 18.2 Å². The standard InChI is InChI=1S/C32H45N2O2S.BrH/c1-4-5-6-7-8-9-10-11-12-13-21-36-32-19-17-29(18-20-32)25-34(28(3)35)31-16-14-15-30(22-31)24-33-23-27(2)37-26-33;/h14-20,22-23,26H,4-13,21,24-25H2,1-3H3;1H/q+1;/p-1. The second-order valence-electron chi connectivity index (χ2n) is 10.1. The average molecular weight is 602 g/mol. The quantitative estimate of drug-likeness (QED) is 0.157. The second-order valence-corrected chi connectivity index (χ2v) is 11.2. The Labute approximate surface area is 244 Å². The van der Waals surface area contributed by atoms with Gasteiger partial charge in [-0.15, -0.1) is 0 Å². The Morgan fingerprint density at radius 1 is 0.895 bits per heavy atom. The molecule has 0 N–H and O–H groups in total. The SMILES string of the molecule is CCCCCCCCCCCCOc1ccc(CN(C(C)=O)c2cccc(C[n+]3csc(C)c3)c2)cc1.[Br-]. The summed E-state index contributed by atoms with van der Waals surface area (Å²) in [5, 5.41) is 0. The summed E-state index contributed by atoms with van der Waals surface area (Å²) in [6.07, 6.45) is 15.4. The summed E-state index contributed by atoms with van der Waals surface area (Å²) in [7, 11) is 0. The Morgan fingerprint density at radius 3 is 2.16 bits per heavy atom. The molecule has 6 heteroatoms. The van der Waals surface area contributed by atoms with Crippen molar-refractivity contribution in [2.45, 2.75) is 98.1 Å². The molecule has 1 amide bonds. The van der Waals surface area contributed by atoms with Gasteiger partial charge in [0.2, 0.25) is 11.4 Å². The molecule has 0 radical (unpaired) electrons. The highest BCUT2D eigenvalue weighted by Crippen LogP contribution is 2.21. The predicted molar refractivity (Wildman–Crippen MR) is 155 cm³/mol. The van der Waals surface area contributed by atoms with E-state index in [0.717, 1.165) is 36.6 Å². The minimum Gasteiger partial charge on any atom is -1.00 e. The van der Waals surface area contributed by atoms with Crippen LogP contribution in [0, 0.1) is 6.92 Å². The molecule has 2 aromatic carbocycles. The maximum atomic E-state index is 12.5. The maximum absolute atomic E-state index is 12.5. The van der Waals surface area contributed by atoms with Crippen LogP contribution in [0.1, 0.15) is 94.1 Å². The molecular weight excluding hydrogens is 556 g/mol. The molecule has 38 heavy (non-hydrogen) atoms. The number of carbonyl (C=O) groups is 1. The molecule has 0 bridgehead atoms. The summed E-state index contributed by atoms with van der Waals surface area (Å²) >= 11 is 1.74. The number of hydrogen-bond acceptors (Lipinski definition) is 3. The summed E-state index contributed by atoms with van der Waals surface area (Å²) < 4.78 is 8.15. The topological polar surface area (TPSA) is 33.4 Å². The first-order chi connectivity index (χ1) is 18.0. The fraction of sp³-hybridized carbons (Fsp3) is 0.500. The van der Waals surface area contributed by atoms with Crippen molar-refractivity contribution < 1.29 is 31.1 Å². The fourth-order valence-electron chi connectivity index (χ4n) is 4.60. The lowest BCUT2D eigenvalue weighted by molar-refractivity contribution is -0.683. The number of nitrogens with zero attached hydrogens (tertiary/aromatic N) is 2. The molecule has 0 atom stereocenters. The molecule has 0 saturated carbocycles. The third-order valence-corrected chi connectivity index (χ3v) is 7.57. The van der Waals surface area contributed by atoms with E-state index in [1.165, 1.54) is 68.2 Å². The molecule has 4 nitrogen and oxygen atoms in total. The highest BCUT2D eigenvalue weighted by Gasteiger charge is 2.14. The van der Waals surface area contributed by atoms with Crippen LogP contribution in [0.15, 0.2) is 60.2 Å². The van der Waals surface area contributed by atoms with E-state index < -0.39 is 0 Å². The molecular formula is C32H45BrN2O2S. The van der Waals surface area contributed by atoms with Crippen molar-refractivity contribution in [2.24, 2.45) is 0 Å². The van der Waals surface area contributed by atoms with Crippen molar-refractivity contribution in [3.63, 3.8) is 0 Å². The van der Waals surface area contributed by atoms with Gasteiger partial charge in [0.15, 0.2) is 12.7 Å². The van der Waals surface area contributed by atoms with Gasteiger partial charge in [-0.05, 0) is 43.2 Å². The van der Waals surface area contributed by atoms with E-state index in [2.05, 4.69) is 54.4 Å². The van der Waals surface area contributed by atoms with Crippen molar-refractivity contribution in [2.75, 3.05) is 11.5 Å². The van der Waals surface area contributed by atoms with E-state index in [0.29, 0.717) is 6.54 Å². The number of benzene rings is 2. The van der Waals surface area contributed by atoms with Gasteiger partial charge >= 0.3 is 0 Å². The molecule has 0 unspecified atom stereocenters. The van der Waals surface area contributed by atoms with Crippen LogP contribution < -0.4 is 31.2 Å². The summed E-state index contributed by atoms with van der Waals surface area (Å²) in [5.74, 6) is 0.941. The number of unbranched alkanes of at least 4 members (excludes halogenated alkanes) is 9. The number of hydrogen-bond donors (Lipinski definition) is 0. The Hall–Kier alpha value is -2.18. The number of ether oxygens (including phenoxy) is 1. The Kier molecular flexibility index (Phi) is 15.3. The Bertz CT molecular complexity index is 1070. The Morgan fingerprint density at radius 2 is 1.55 bits per heavy atom. The van der Waals surface area contributed by atoms with Crippen molar-refractivity contribution >= 4 is 22.9 Å². The van der Waals surface area contributed by atoms with E-state index in [1.54, 1.807) is 18.3 Å². The van der Waals surface area contributed by atoms with Gasteiger partial charge in [0.1, 0.15) is 5.75 Å². The summed E-state index contributed by atoms with van der Waals surface area (Å²) in [6, 6.07) is 16.5. The number of thiazole rings is 1. The van der Waals surface area contributed by atoms with Crippen LogP contribution in [0.5, 0.6) is 5.75 Å². The number of aromatic nitrogens is 1. The monoisotopic (exact) mass is 600 g/mol. The molecule has 0 spiro atoms. The van der Waals surface area contributed by atoms with Gasteiger partial charge in [-0.1, -0.05) is 100 Å². The molecule has 1 aromatic heterocycles. The number of aryl methyl sites for hydroxylation is 1. The van der Waals surface area contributed by atoms with E-state index in [4.69, 9.17) is 4.74 Å². The third-order valence-electron chi connectivity index (χ3n) is 6.72. The zero-order chi connectivity index (χ0) is 26.3. The summed E-state index contributed by atoms with van der Waals surface area (Å²) in [5.41, 5.74) is 5.33. The zero-order valence-electron chi connectivity index (χ0n) is 23.5. The smallest absolute Gasteiger partial charge is 0.225 e. The first kappa shape index (κ1) is 32.0. The van der Waals surface area contributed by atoms with Crippen LogP contribution in [0.4, 0.5) is 5.69 Å². The van der Waals surface area contributed by atoms with E-state index in [-0.39, 0.29) is 22.9 Å². The molecule has 0 fully saturated rings. The van der Waals surface area contributed by atoms with Crippen LogP contribution in [-0.2, 0) is 17.9 Å². The van der Waals surface area contributed by atoms with Gasteiger partial charge in [-0.2, -0.15) is 4.57 Å². The number of rotatable bonds is 17. The van der Waals surface area contributed by atoms with Crippen LogP contribution in [0.25, 0.3) is 0 Å². The van der Waals surface area contributed by atoms with E-state index >= 15 is 0 Å². The highest BCUT2D eigenvalue weighted by atomic mass is 79.9. The highest BCUT2D eigenvalue weighted by molar-refractivity contribution is 7.09. The first-order valence-electron chi connectivity index (χ1n) is 14.1.